The van der Waals surface area contributed by atoms with Crippen molar-refractivity contribution < 1.29 is 9.22 Å². The number of para-hydroxylation sites is 2. The fraction of sp³-hybridized carbons (Fsp3) is 0.0556. The second-order valence-corrected chi connectivity index (χ2v) is 6.18. The number of ketones is 1. The number of nitrogens with zero attached hydrogens (tertiary/aromatic N) is 2. The maximum Gasteiger partial charge on any atom is 0.329 e. The Kier molecular flexibility index (Phi) is 4.31. The second-order valence-electron chi connectivity index (χ2n) is 5.26. The predicted molar refractivity (Wildman–Crippen MR) is 96.3 cm³/mol. The third-order valence-corrected chi connectivity index (χ3v) is 4.23. The average molecular weight is 385 g/mol. The third kappa shape index (κ3) is 2.88. The minimum atomic E-state index is -0.513. The molecule has 6 heteroatoms. The summed E-state index contributed by atoms with van der Waals surface area (Å²) >= 11 is 3.34. The van der Waals surface area contributed by atoms with Crippen LogP contribution in [0.3, 0.4) is 0 Å². The molecule has 0 N–H and O–H groups in total. The van der Waals surface area contributed by atoms with Crippen LogP contribution in [-0.4, -0.2) is 10.5 Å². The monoisotopic (exact) mass is 384 g/mol. The zero-order chi connectivity index (χ0) is 17.3. The van der Waals surface area contributed by atoms with Gasteiger partial charge in [0.2, 0.25) is 0 Å². The summed E-state index contributed by atoms with van der Waals surface area (Å²) in [5.41, 5.74) is 1.13. The maximum absolute atomic E-state index is 12.5. The van der Waals surface area contributed by atoms with Crippen molar-refractivity contribution in [2.75, 3.05) is 0 Å². The molecular formula is C18H13BrN2O3. The highest BCUT2D eigenvalue weighted by molar-refractivity contribution is 9.10. The van der Waals surface area contributed by atoms with Gasteiger partial charge in [-0.05, 0) is 36.8 Å². The van der Waals surface area contributed by atoms with Crippen molar-refractivity contribution in [3.05, 3.63) is 86.1 Å². The minimum Gasteiger partial charge on any atom is -0.805 e. The van der Waals surface area contributed by atoms with Gasteiger partial charge in [-0.15, -0.1) is 0 Å². The summed E-state index contributed by atoms with van der Waals surface area (Å²) in [5.74, 6) is -0.513. The van der Waals surface area contributed by atoms with E-state index in [1.807, 2.05) is 24.3 Å². The van der Waals surface area contributed by atoms with Gasteiger partial charge in [-0.2, -0.15) is 0 Å². The topological polar surface area (TPSA) is 68.0 Å². The molecule has 0 aliphatic heterocycles. The van der Waals surface area contributed by atoms with Crippen molar-refractivity contribution in [2.45, 2.75) is 6.92 Å². The predicted octanol–water partition coefficient (Wildman–Crippen LogP) is 3.87. The number of allylic oxidation sites excluding steroid dienone is 1. The van der Waals surface area contributed by atoms with Crippen molar-refractivity contribution >= 4 is 38.8 Å². The van der Waals surface area contributed by atoms with E-state index in [1.165, 1.54) is 19.1 Å². The first-order valence-electron chi connectivity index (χ1n) is 7.21. The van der Waals surface area contributed by atoms with Gasteiger partial charge in [-0.3, -0.25) is 4.79 Å². The molecule has 0 bridgehead atoms. The molecule has 24 heavy (non-hydrogen) atoms. The first-order chi connectivity index (χ1) is 11.5. The largest absolute Gasteiger partial charge is 0.805 e. The average Bonchev–Trinajstić information content (AvgIpc) is 2.59. The van der Waals surface area contributed by atoms with Crippen LogP contribution in [0.1, 0.15) is 21.7 Å². The van der Waals surface area contributed by atoms with Gasteiger partial charge in [0.1, 0.15) is 5.52 Å². The number of benzene rings is 2. The molecule has 2 aromatic carbocycles. The molecule has 0 saturated carbocycles. The van der Waals surface area contributed by atoms with Gasteiger partial charge in [0.05, 0.1) is 10.1 Å². The molecule has 0 saturated heterocycles. The number of aromatic nitrogens is 2. The zero-order valence-corrected chi connectivity index (χ0v) is 14.4. The summed E-state index contributed by atoms with van der Waals surface area (Å²) in [6.07, 6.45) is 2.91. The molecule has 5 nitrogen and oxygen atoms in total. The number of hydrogen-bond acceptors (Lipinski definition) is 3. The molecule has 0 amide bonds. The van der Waals surface area contributed by atoms with Crippen LogP contribution in [0.25, 0.3) is 17.1 Å². The van der Waals surface area contributed by atoms with Crippen molar-refractivity contribution in [1.82, 2.24) is 4.73 Å². The van der Waals surface area contributed by atoms with Gasteiger partial charge in [0.15, 0.2) is 0 Å². The summed E-state index contributed by atoms with van der Waals surface area (Å²) < 4.78 is 2.07. The minimum absolute atomic E-state index is 0.0779. The second kappa shape index (κ2) is 6.41. The van der Waals surface area contributed by atoms with E-state index in [4.69, 9.17) is 0 Å². The van der Waals surface area contributed by atoms with E-state index in [1.54, 1.807) is 24.3 Å². The Morgan fingerprint density at radius 1 is 1.17 bits per heavy atom. The van der Waals surface area contributed by atoms with Gasteiger partial charge in [0.25, 0.3) is 11.3 Å². The van der Waals surface area contributed by atoms with E-state index in [-0.39, 0.29) is 22.4 Å². The van der Waals surface area contributed by atoms with Crippen LogP contribution in [-0.2, 0) is 0 Å². The Morgan fingerprint density at radius 3 is 2.54 bits per heavy atom. The lowest BCUT2D eigenvalue weighted by molar-refractivity contribution is -0.468. The van der Waals surface area contributed by atoms with Crippen LogP contribution >= 0.6 is 15.9 Å². The van der Waals surface area contributed by atoms with Crippen molar-refractivity contribution in [3.63, 3.8) is 0 Å². The lowest BCUT2D eigenvalue weighted by Crippen LogP contribution is -2.29. The summed E-state index contributed by atoms with van der Waals surface area (Å²) in [6, 6.07) is 13.8. The highest BCUT2D eigenvalue weighted by Crippen LogP contribution is 2.15. The number of carbonyl (C=O) groups excluding carboxylic acids is 1. The smallest absolute Gasteiger partial charge is 0.329 e. The van der Waals surface area contributed by atoms with E-state index < -0.39 is 5.78 Å². The Hall–Kier alpha value is -2.73. The third-order valence-electron chi connectivity index (χ3n) is 3.70. The van der Waals surface area contributed by atoms with Crippen molar-refractivity contribution in [3.8, 4) is 0 Å². The fourth-order valence-electron chi connectivity index (χ4n) is 2.46. The lowest BCUT2D eigenvalue weighted by Gasteiger charge is -2.15. The van der Waals surface area contributed by atoms with Gasteiger partial charge in [-0.25, -0.2) is 0 Å². The Labute approximate surface area is 146 Å². The normalized spacial score (nSPS) is 11.2. The molecular weight excluding hydrogens is 372 g/mol. The highest BCUT2D eigenvalue weighted by atomic mass is 79.9. The molecule has 0 fully saturated rings. The maximum atomic E-state index is 12.5. The number of hydrogen-bond donors (Lipinski definition) is 0. The van der Waals surface area contributed by atoms with E-state index in [0.29, 0.717) is 9.16 Å². The van der Waals surface area contributed by atoms with E-state index in [9.17, 15) is 14.9 Å². The van der Waals surface area contributed by atoms with Crippen LogP contribution in [0.15, 0.2) is 59.1 Å². The number of halogens is 1. The summed E-state index contributed by atoms with van der Waals surface area (Å²) in [4.78, 5) is 25.0. The summed E-state index contributed by atoms with van der Waals surface area (Å²) in [7, 11) is 0. The summed E-state index contributed by atoms with van der Waals surface area (Å²) in [5, 5.41) is 12.3. The van der Waals surface area contributed by atoms with Crippen LogP contribution in [0.4, 0.5) is 0 Å². The van der Waals surface area contributed by atoms with Gasteiger partial charge < -0.3 is 9.94 Å². The number of carbonyl (C=O) groups is 1. The van der Waals surface area contributed by atoms with E-state index >= 15 is 0 Å². The van der Waals surface area contributed by atoms with Gasteiger partial charge >= 0.3 is 5.69 Å². The number of fused-ring (bicyclic) bond motifs is 1. The lowest BCUT2D eigenvalue weighted by atomic mass is 10.1. The van der Waals surface area contributed by atoms with Crippen LogP contribution < -0.4 is 4.43 Å². The molecule has 0 aliphatic rings. The van der Waals surface area contributed by atoms with Crippen LogP contribution in [0, 0.1) is 17.0 Å². The first-order valence-corrected chi connectivity index (χ1v) is 8.01. The molecule has 3 aromatic rings. The van der Waals surface area contributed by atoms with Crippen LogP contribution in [0.2, 0.25) is 0 Å². The van der Waals surface area contributed by atoms with Crippen molar-refractivity contribution in [2.24, 2.45) is 0 Å². The molecule has 1 aromatic heterocycles. The van der Waals surface area contributed by atoms with Crippen LogP contribution in [0.5, 0.6) is 0 Å². The molecule has 0 atom stereocenters. The number of rotatable bonds is 3. The molecule has 3 rings (SSSR count). The molecule has 0 spiro atoms. The molecule has 1 heterocycles. The Balaban J connectivity index is 2.07. The van der Waals surface area contributed by atoms with E-state index in [0.717, 1.165) is 10.0 Å². The fourth-order valence-corrected chi connectivity index (χ4v) is 2.72. The Morgan fingerprint density at radius 2 is 1.83 bits per heavy atom. The molecule has 0 radical (unpaired) electrons. The molecule has 120 valence electrons. The van der Waals surface area contributed by atoms with Gasteiger partial charge in [-0.1, -0.05) is 46.3 Å². The summed E-state index contributed by atoms with van der Waals surface area (Å²) in [6.45, 7) is 1.47. The molecule has 0 aliphatic carbocycles. The molecule has 0 unspecified atom stereocenters. The zero-order valence-electron chi connectivity index (χ0n) is 12.8. The standard InChI is InChI=1S/C18H13BrN2O3/c1-12-18(17(22)11-8-13-6-9-14(19)10-7-13)21(24)16-5-3-2-4-15(16)20(12)23/h2-11H,1H3/b11-8+. The van der Waals surface area contributed by atoms with Gasteiger partial charge in [0, 0.05) is 15.4 Å². The SMILES string of the molecule is Cc1c(C(=O)/C=C/c2ccc(Br)cc2)[n+](=O)c2ccccc2n1[O-]. The Bertz CT molecular complexity index is 1020. The van der Waals surface area contributed by atoms with E-state index in [2.05, 4.69) is 15.9 Å². The highest BCUT2D eigenvalue weighted by Gasteiger charge is 2.24. The quantitative estimate of drug-likeness (QED) is 0.391. The van der Waals surface area contributed by atoms with Crippen molar-refractivity contribution in [1.29, 1.82) is 0 Å². The first kappa shape index (κ1) is 16.1.